The third-order valence-electron chi connectivity index (χ3n) is 3.93. The van der Waals surface area contributed by atoms with Gasteiger partial charge in [-0.2, -0.15) is 10.2 Å². The Morgan fingerprint density at radius 1 is 1.25 bits per heavy atom. The molecule has 3 rings (SSSR count). The van der Waals surface area contributed by atoms with Gasteiger partial charge in [0.15, 0.2) is 0 Å². The Morgan fingerprint density at radius 3 is 2.57 bits per heavy atom. The number of nitro groups is 1. The molecule has 0 atom stereocenters. The summed E-state index contributed by atoms with van der Waals surface area (Å²) in [5.74, 6) is -0.251. The van der Waals surface area contributed by atoms with Crippen molar-refractivity contribution < 1.29 is 9.72 Å². The van der Waals surface area contributed by atoms with E-state index in [1.54, 1.807) is 54.2 Å². The number of rotatable bonds is 6. The van der Waals surface area contributed by atoms with E-state index in [1.165, 1.54) is 18.3 Å². The van der Waals surface area contributed by atoms with E-state index in [-0.39, 0.29) is 18.0 Å². The molecule has 0 aliphatic carbocycles. The monoisotopic (exact) mass is 397 g/mol. The Labute approximate surface area is 165 Å². The quantitative estimate of drug-likeness (QED) is 0.391. The van der Waals surface area contributed by atoms with Gasteiger partial charge in [-0.15, -0.1) is 0 Å². The van der Waals surface area contributed by atoms with E-state index in [4.69, 9.17) is 11.6 Å². The summed E-state index contributed by atoms with van der Waals surface area (Å²) in [5.41, 5.74) is 5.42. The molecule has 28 heavy (non-hydrogen) atoms. The van der Waals surface area contributed by atoms with Crippen molar-refractivity contribution in [2.45, 2.75) is 13.3 Å². The number of carbonyl (C=O) groups is 1. The van der Waals surface area contributed by atoms with E-state index in [2.05, 4.69) is 15.6 Å². The summed E-state index contributed by atoms with van der Waals surface area (Å²) >= 11 is 5.82. The number of aromatic nitrogens is 2. The van der Waals surface area contributed by atoms with Crippen LogP contribution in [0, 0.1) is 17.0 Å². The molecule has 0 unspecified atom stereocenters. The standard InChI is InChI=1S/C19H16ClN5O3/c1-13-15(11-21-22-19(26)10-14-2-4-16(20)5-3-14)12-24(23-13)17-6-8-18(9-7-17)25(27)28/h2-9,11-12H,10H2,1H3,(H,22,26)/b21-11-. The Bertz CT molecular complexity index is 1030. The fourth-order valence-electron chi connectivity index (χ4n) is 2.46. The lowest BCUT2D eigenvalue weighted by molar-refractivity contribution is -0.384. The molecule has 0 fully saturated rings. The van der Waals surface area contributed by atoms with Crippen LogP contribution in [-0.2, 0) is 11.2 Å². The minimum absolute atomic E-state index is 0.0119. The van der Waals surface area contributed by atoms with Crippen molar-refractivity contribution in [1.82, 2.24) is 15.2 Å². The van der Waals surface area contributed by atoms with E-state index in [1.807, 2.05) is 0 Å². The first-order valence-electron chi connectivity index (χ1n) is 8.30. The summed E-state index contributed by atoms with van der Waals surface area (Å²) in [6, 6.07) is 13.1. The predicted octanol–water partition coefficient (Wildman–Crippen LogP) is 3.44. The number of aryl methyl sites for hydroxylation is 1. The zero-order chi connectivity index (χ0) is 20.1. The largest absolute Gasteiger partial charge is 0.273 e. The maximum absolute atomic E-state index is 12.0. The van der Waals surface area contributed by atoms with E-state index < -0.39 is 4.92 Å². The van der Waals surface area contributed by atoms with Gasteiger partial charge in [0.1, 0.15) is 0 Å². The van der Waals surface area contributed by atoms with Gasteiger partial charge in [0.25, 0.3) is 5.69 Å². The molecule has 0 bridgehead atoms. The van der Waals surface area contributed by atoms with Crippen LogP contribution in [0.2, 0.25) is 5.02 Å². The number of hydrazone groups is 1. The minimum Gasteiger partial charge on any atom is -0.273 e. The van der Waals surface area contributed by atoms with Gasteiger partial charge in [0.05, 0.1) is 28.9 Å². The van der Waals surface area contributed by atoms with Crippen LogP contribution in [0.1, 0.15) is 16.8 Å². The lowest BCUT2D eigenvalue weighted by Gasteiger charge is -2.00. The van der Waals surface area contributed by atoms with E-state index in [0.717, 1.165) is 5.56 Å². The van der Waals surface area contributed by atoms with Crippen LogP contribution >= 0.6 is 11.6 Å². The number of non-ortho nitro benzene ring substituents is 1. The van der Waals surface area contributed by atoms with Gasteiger partial charge in [-0.05, 0) is 36.8 Å². The Balaban J connectivity index is 1.63. The fraction of sp³-hybridized carbons (Fsp3) is 0.105. The number of nitrogens with one attached hydrogen (secondary N) is 1. The van der Waals surface area contributed by atoms with Crippen molar-refractivity contribution >= 4 is 29.4 Å². The van der Waals surface area contributed by atoms with Crippen molar-refractivity contribution in [1.29, 1.82) is 0 Å². The molecule has 1 heterocycles. The van der Waals surface area contributed by atoms with E-state index >= 15 is 0 Å². The average Bonchev–Trinajstić information content (AvgIpc) is 3.04. The van der Waals surface area contributed by atoms with Crippen LogP contribution in [0.3, 0.4) is 0 Å². The highest BCUT2D eigenvalue weighted by molar-refractivity contribution is 6.30. The lowest BCUT2D eigenvalue weighted by atomic mass is 10.1. The van der Waals surface area contributed by atoms with Crippen molar-refractivity contribution in [3.8, 4) is 5.69 Å². The van der Waals surface area contributed by atoms with Gasteiger partial charge in [0.2, 0.25) is 5.91 Å². The van der Waals surface area contributed by atoms with E-state index in [0.29, 0.717) is 22.0 Å². The molecule has 1 N–H and O–H groups in total. The minimum atomic E-state index is -0.455. The topological polar surface area (TPSA) is 102 Å². The number of benzene rings is 2. The number of nitrogens with zero attached hydrogens (tertiary/aromatic N) is 4. The summed E-state index contributed by atoms with van der Waals surface area (Å²) in [7, 11) is 0. The second-order valence-electron chi connectivity index (χ2n) is 5.98. The summed E-state index contributed by atoms with van der Waals surface area (Å²) in [5, 5.41) is 19.7. The van der Waals surface area contributed by atoms with E-state index in [9.17, 15) is 14.9 Å². The maximum Gasteiger partial charge on any atom is 0.269 e. The SMILES string of the molecule is Cc1nn(-c2ccc([N+](=O)[O-])cc2)cc1/C=N\NC(=O)Cc1ccc(Cl)cc1. The molecule has 142 valence electrons. The molecule has 0 saturated heterocycles. The number of amides is 1. The number of halogens is 1. The Kier molecular flexibility index (Phi) is 5.81. The Hall–Kier alpha value is -3.52. The first-order chi connectivity index (χ1) is 13.4. The normalized spacial score (nSPS) is 10.9. The van der Waals surface area contributed by atoms with Crippen LogP contribution < -0.4 is 5.43 Å². The molecule has 0 radical (unpaired) electrons. The molecule has 3 aromatic rings. The fourth-order valence-corrected chi connectivity index (χ4v) is 2.59. The molecule has 1 amide bonds. The highest BCUT2D eigenvalue weighted by Gasteiger charge is 2.08. The average molecular weight is 398 g/mol. The summed E-state index contributed by atoms with van der Waals surface area (Å²) in [4.78, 5) is 22.2. The van der Waals surface area contributed by atoms with Crippen LogP contribution in [0.4, 0.5) is 5.69 Å². The van der Waals surface area contributed by atoms with Gasteiger partial charge < -0.3 is 0 Å². The summed E-state index contributed by atoms with van der Waals surface area (Å²) in [6.45, 7) is 1.80. The lowest BCUT2D eigenvalue weighted by Crippen LogP contribution is -2.19. The molecule has 2 aromatic carbocycles. The van der Waals surface area contributed by atoms with Crippen molar-refractivity contribution in [2.75, 3.05) is 0 Å². The number of hydrogen-bond acceptors (Lipinski definition) is 5. The predicted molar refractivity (Wildman–Crippen MR) is 106 cm³/mol. The van der Waals surface area contributed by atoms with Crippen molar-refractivity contribution in [3.05, 3.63) is 86.7 Å². The highest BCUT2D eigenvalue weighted by atomic mass is 35.5. The first-order valence-corrected chi connectivity index (χ1v) is 8.67. The van der Waals surface area contributed by atoms with Crippen LogP contribution in [0.25, 0.3) is 5.69 Å². The van der Waals surface area contributed by atoms with Gasteiger partial charge in [-0.3, -0.25) is 14.9 Å². The maximum atomic E-state index is 12.0. The molecule has 0 aliphatic heterocycles. The van der Waals surface area contributed by atoms with Crippen LogP contribution in [-0.4, -0.2) is 26.8 Å². The van der Waals surface area contributed by atoms with Crippen LogP contribution in [0.15, 0.2) is 59.8 Å². The van der Waals surface area contributed by atoms with Gasteiger partial charge in [-0.1, -0.05) is 23.7 Å². The smallest absolute Gasteiger partial charge is 0.269 e. The molecule has 0 aliphatic rings. The number of nitro benzene ring substituents is 1. The number of carbonyl (C=O) groups excluding carboxylic acids is 1. The second kappa shape index (κ2) is 8.45. The summed E-state index contributed by atoms with van der Waals surface area (Å²) in [6.07, 6.45) is 3.42. The third kappa shape index (κ3) is 4.80. The second-order valence-corrected chi connectivity index (χ2v) is 6.42. The van der Waals surface area contributed by atoms with Crippen molar-refractivity contribution in [3.63, 3.8) is 0 Å². The zero-order valence-corrected chi connectivity index (χ0v) is 15.6. The van der Waals surface area contributed by atoms with Gasteiger partial charge in [0, 0.05) is 28.9 Å². The number of hydrogen-bond donors (Lipinski definition) is 1. The molecule has 1 aromatic heterocycles. The molecule has 8 nitrogen and oxygen atoms in total. The molecular weight excluding hydrogens is 382 g/mol. The van der Waals surface area contributed by atoms with Crippen LogP contribution in [0.5, 0.6) is 0 Å². The Morgan fingerprint density at radius 2 is 1.93 bits per heavy atom. The first kappa shape index (κ1) is 19.2. The zero-order valence-electron chi connectivity index (χ0n) is 14.9. The molecule has 9 heteroatoms. The highest BCUT2D eigenvalue weighted by Crippen LogP contribution is 2.16. The summed E-state index contributed by atoms with van der Waals surface area (Å²) < 4.78 is 1.59. The van der Waals surface area contributed by atoms with Gasteiger partial charge >= 0.3 is 0 Å². The molecule has 0 spiro atoms. The molecule has 0 saturated carbocycles. The van der Waals surface area contributed by atoms with Gasteiger partial charge in [-0.25, -0.2) is 10.1 Å². The third-order valence-corrected chi connectivity index (χ3v) is 4.18. The molecular formula is C19H16ClN5O3. The van der Waals surface area contributed by atoms with Crippen molar-refractivity contribution in [2.24, 2.45) is 5.10 Å².